The van der Waals surface area contributed by atoms with E-state index in [1.54, 1.807) is 7.11 Å². The van der Waals surface area contributed by atoms with Crippen molar-refractivity contribution < 1.29 is 14.6 Å². The number of hydrogen-bond donors (Lipinski definition) is 3. The number of ether oxygens (including phenoxy) is 1. The number of carbonyl (C=O) groups excluding carboxylic acids is 1. The van der Waals surface area contributed by atoms with Crippen LogP contribution in [0.5, 0.6) is 5.75 Å². The van der Waals surface area contributed by atoms with Gasteiger partial charge < -0.3 is 20.9 Å². The van der Waals surface area contributed by atoms with Gasteiger partial charge in [0.05, 0.1) is 7.11 Å². The zero-order valence-electron chi connectivity index (χ0n) is 14.2. The topological polar surface area (TPSA) is 84.6 Å². The number of benzene rings is 1. The molecule has 1 unspecified atom stereocenters. The van der Waals surface area contributed by atoms with Crippen LogP contribution in [0.3, 0.4) is 0 Å². The number of nitrogens with two attached hydrogens (primary N) is 1. The third-order valence-corrected chi connectivity index (χ3v) is 4.61. The number of amides is 1. The monoisotopic (exact) mass is 356 g/mol. The maximum Gasteiger partial charge on any atom is 0.250 e. The fourth-order valence-corrected chi connectivity index (χ4v) is 3.21. The molecule has 136 valence electrons. The van der Waals surface area contributed by atoms with Crippen LogP contribution in [0.15, 0.2) is 24.3 Å². The lowest BCUT2D eigenvalue weighted by Gasteiger charge is -2.26. The van der Waals surface area contributed by atoms with Gasteiger partial charge in [0.15, 0.2) is 0 Å². The Morgan fingerprint density at radius 3 is 2.75 bits per heavy atom. The highest BCUT2D eigenvalue weighted by Crippen LogP contribution is 2.27. The second-order valence-corrected chi connectivity index (χ2v) is 6.42. The summed E-state index contributed by atoms with van der Waals surface area (Å²) in [5, 5.41) is 12.9. The zero-order chi connectivity index (χ0) is 16.7. The van der Waals surface area contributed by atoms with E-state index in [0.29, 0.717) is 18.9 Å². The lowest BCUT2D eigenvalue weighted by atomic mass is 9.84. The first-order valence-electron chi connectivity index (χ1n) is 8.44. The number of aliphatic hydroxyl groups is 1. The van der Waals surface area contributed by atoms with Crippen molar-refractivity contribution in [2.24, 2.45) is 11.7 Å². The van der Waals surface area contributed by atoms with Gasteiger partial charge in [-0.3, -0.25) is 4.79 Å². The van der Waals surface area contributed by atoms with Crippen LogP contribution in [0.4, 0.5) is 0 Å². The predicted molar refractivity (Wildman–Crippen MR) is 97.3 cm³/mol. The molecule has 0 aliphatic heterocycles. The van der Waals surface area contributed by atoms with Gasteiger partial charge in [0.25, 0.3) is 5.91 Å². The summed E-state index contributed by atoms with van der Waals surface area (Å²) in [7, 11) is 1.60. The molecule has 1 saturated carbocycles. The molecular weight excluding hydrogens is 328 g/mol. The van der Waals surface area contributed by atoms with Crippen LogP contribution in [0.25, 0.3) is 0 Å². The summed E-state index contributed by atoms with van der Waals surface area (Å²) < 4.78 is 5.15. The van der Waals surface area contributed by atoms with Crippen molar-refractivity contribution in [3.63, 3.8) is 0 Å². The van der Waals surface area contributed by atoms with E-state index < -0.39 is 18.1 Å². The van der Waals surface area contributed by atoms with Crippen molar-refractivity contribution in [2.45, 2.75) is 57.2 Å². The molecule has 24 heavy (non-hydrogen) atoms. The van der Waals surface area contributed by atoms with Crippen LogP contribution in [0.2, 0.25) is 0 Å². The number of aliphatic hydroxyl groups excluding tert-OH is 1. The molecule has 0 aromatic heterocycles. The van der Waals surface area contributed by atoms with Crippen molar-refractivity contribution in [1.29, 1.82) is 0 Å². The molecule has 0 radical (unpaired) electrons. The SMILES string of the molecule is COc1cccc(CNC(=O)C(O)[C@H](N)CC2CCCCC2)c1.Cl. The number of halogens is 1. The van der Waals surface area contributed by atoms with E-state index in [4.69, 9.17) is 10.5 Å². The fraction of sp³-hybridized carbons (Fsp3) is 0.611. The first-order valence-corrected chi connectivity index (χ1v) is 8.44. The average Bonchev–Trinajstić information content (AvgIpc) is 2.60. The number of methoxy groups -OCH3 is 1. The van der Waals surface area contributed by atoms with Crippen molar-refractivity contribution in [2.75, 3.05) is 7.11 Å². The van der Waals surface area contributed by atoms with Crippen molar-refractivity contribution >= 4 is 18.3 Å². The van der Waals surface area contributed by atoms with Crippen LogP contribution in [0.1, 0.15) is 44.1 Å². The first kappa shape index (κ1) is 20.7. The van der Waals surface area contributed by atoms with Gasteiger partial charge >= 0.3 is 0 Å². The van der Waals surface area contributed by atoms with Crippen LogP contribution >= 0.6 is 12.4 Å². The molecule has 1 aliphatic rings. The predicted octanol–water partition coefficient (Wildman–Crippen LogP) is 2.39. The van der Waals surface area contributed by atoms with E-state index in [0.717, 1.165) is 24.2 Å². The van der Waals surface area contributed by atoms with E-state index in [1.165, 1.54) is 19.3 Å². The van der Waals surface area contributed by atoms with Gasteiger partial charge in [-0.05, 0) is 30.0 Å². The summed E-state index contributed by atoms with van der Waals surface area (Å²) >= 11 is 0. The van der Waals surface area contributed by atoms with E-state index in [9.17, 15) is 9.90 Å². The molecule has 2 atom stereocenters. The third kappa shape index (κ3) is 6.30. The average molecular weight is 357 g/mol. The van der Waals surface area contributed by atoms with Crippen LogP contribution in [0, 0.1) is 5.92 Å². The minimum Gasteiger partial charge on any atom is -0.497 e. The molecule has 0 saturated heterocycles. The van der Waals surface area contributed by atoms with Crippen LogP contribution < -0.4 is 15.8 Å². The highest BCUT2D eigenvalue weighted by Gasteiger charge is 2.26. The Hall–Kier alpha value is -1.30. The Balaban J connectivity index is 0.00000288. The number of carbonyl (C=O) groups is 1. The maximum atomic E-state index is 12.1. The summed E-state index contributed by atoms with van der Waals surface area (Å²) in [5.74, 6) is 0.877. The third-order valence-electron chi connectivity index (χ3n) is 4.61. The van der Waals surface area contributed by atoms with Crippen LogP contribution in [-0.4, -0.2) is 30.3 Å². The molecule has 1 aliphatic carbocycles. The molecule has 1 fully saturated rings. The molecule has 6 heteroatoms. The molecule has 1 aromatic rings. The molecule has 4 N–H and O–H groups in total. The summed E-state index contributed by atoms with van der Waals surface area (Å²) in [5.41, 5.74) is 6.95. The van der Waals surface area contributed by atoms with Crippen molar-refractivity contribution in [3.05, 3.63) is 29.8 Å². The zero-order valence-corrected chi connectivity index (χ0v) is 15.1. The summed E-state index contributed by atoms with van der Waals surface area (Å²) in [4.78, 5) is 12.1. The summed E-state index contributed by atoms with van der Waals surface area (Å²) in [6.07, 6.45) is 5.63. The van der Waals surface area contributed by atoms with Crippen molar-refractivity contribution in [3.8, 4) is 5.75 Å². The van der Waals surface area contributed by atoms with E-state index >= 15 is 0 Å². The molecule has 0 spiro atoms. The Kier molecular flexibility index (Phi) is 9.11. The minimum absolute atomic E-state index is 0. The Labute approximate surface area is 150 Å². The smallest absolute Gasteiger partial charge is 0.250 e. The Bertz CT molecular complexity index is 507. The number of nitrogens with one attached hydrogen (secondary N) is 1. The van der Waals surface area contributed by atoms with Crippen molar-refractivity contribution in [1.82, 2.24) is 5.32 Å². The fourth-order valence-electron chi connectivity index (χ4n) is 3.21. The van der Waals surface area contributed by atoms with Crippen LogP contribution in [-0.2, 0) is 11.3 Å². The molecule has 1 aromatic carbocycles. The van der Waals surface area contributed by atoms with E-state index in [1.807, 2.05) is 24.3 Å². The highest BCUT2D eigenvalue weighted by atomic mass is 35.5. The summed E-state index contributed by atoms with van der Waals surface area (Å²) in [6, 6.07) is 6.97. The van der Waals surface area contributed by atoms with Gasteiger partial charge in [-0.1, -0.05) is 44.2 Å². The highest BCUT2D eigenvalue weighted by molar-refractivity contribution is 5.85. The van der Waals surface area contributed by atoms with E-state index in [2.05, 4.69) is 5.32 Å². The van der Waals surface area contributed by atoms with Gasteiger partial charge in [-0.2, -0.15) is 0 Å². The van der Waals surface area contributed by atoms with Gasteiger partial charge in [0, 0.05) is 12.6 Å². The second kappa shape index (κ2) is 10.5. The quantitative estimate of drug-likeness (QED) is 0.700. The second-order valence-electron chi connectivity index (χ2n) is 6.42. The number of hydrogen-bond acceptors (Lipinski definition) is 4. The number of rotatable bonds is 7. The van der Waals surface area contributed by atoms with Gasteiger partial charge in [0.2, 0.25) is 0 Å². The standard InChI is InChI=1S/C18H28N2O3.ClH/c1-23-15-9-5-8-14(10-15)12-20-18(22)17(21)16(19)11-13-6-3-2-4-7-13;/h5,8-10,13,16-17,21H,2-4,6-7,11-12,19H2,1H3,(H,20,22);1H/t16-,17?;/m1./s1. The lowest BCUT2D eigenvalue weighted by molar-refractivity contribution is -0.130. The molecule has 1 amide bonds. The Morgan fingerprint density at radius 1 is 1.38 bits per heavy atom. The van der Waals surface area contributed by atoms with Gasteiger partial charge in [-0.25, -0.2) is 0 Å². The largest absolute Gasteiger partial charge is 0.497 e. The van der Waals surface area contributed by atoms with Gasteiger partial charge in [-0.15, -0.1) is 12.4 Å². The van der Waals surface area contributed by atoms with E-state index in [-0.39, 0.29) is 12.4 Å². The molecule has 2 rings (SSSR count). The molecule has 0 bridgehead atoms. The normalized spacial score (nSPS) is 17.5. The molecular formula is C18H29ClN2O3. The molecule has 5 nitrogen and oxygen atoms in total. The maximum absolute atomic E-state index is 12.1. The lowest BCUT2D eigenvalue weighted by Crippen LogP contribution is -2.47. The van der Waals surface area contributed by atoms with Gasteiger partial charge in [0.1, 0.15) is 11.9 Å². The minimum atomic E-state index is -1.15. The molecule has 0 heterocycles. The Morgan fingerprint density at radius 2 is 2.08 bits per heavy atom. The first-order chi connectivity index (χ1) is 11.1. The summed E-state index contributed by atoms with van der Waals surface area (Å²) in [6.45, 7) is 0.350.